The summed E-state index contributed by atoms with van der Waals surface area (Å²) in [6.07, 6.45) is 5.36. The average Bonchev–Trinajstić information content (AvgIpc) is 3.43. The Morgan fingerprint density at radius 1 is 1.15 bits per heavy atom. The first-order chi connectivity index (χ1) is 18.9. The Morgan fingerprint density at radius 2 is 1.90 bits per heavy atom. The van der Waals surface area contributed by atoms with E-state index in [9.17, 15) is 14.9 Å². The molecule has 0 atom stereocenters. The Hall–Kier alpha value is -3.67. The zero-order valence-electron chi connectivity index (χ0n) is 21.8. The number of fused-ring (bicyclic) bond motifs is 2. The van der Waals surface area contributed by atoms with Crippen LogP contribution >= 0.6 is 27.3 Å². The highest BCUT2D eigenvalue weighted by molar-refractivity contribution is 9.10. The topological polar surface area (TPSA) is 84.1 Å². The molecule has 1 aliphatic carbocycles. The molecule has 0 unspecified atom stereocenters. The second-order valence-electron chi connectivity index (χ2n) is 9.49. The minimum Gasteiger partial charge on any atom is -0.462 e. The molecule has 1 aliphatic rings. The number of halogens is 1. The number of nitriles is 1. The molecule has 2 aromatic heterocycles. The van der Waals surface area contributed by atoms with E-state index in [1.54, 1.807) is 13.0 Å². The van der Waals surface area contributed by atoms with Crippen molar-refractivity contribution in [1.82, 2.24) is 4.57 Å². The fraction of sp³-hybridized carbons (Fsp3) is 0.258. The van der Waals surface area contributed by atoms with Gasteiger partial charge in [0.25, 0.3) is 5.91 Å². The van der Waals surface area contributed by atoms with Crippen molar-refractivity contribution in [2.75, 3.05) is 11.9 Å². The lowest BCUT2D eigenvalue weighted by Crippen LogP contribution is -2.16. The third-order valence-corrected chi connectivity index (χ3v) is 8.80. The van der Waals surface area contributed by atoms with Crippen LogP contribution in [0.2, 0.25) is 0 Å². The number of esters is 1. The van der Waals surface area contributed by atoms with Gasteiger partial charge in [-0.05, 0) is 74.9 Å². The predicted octanol–water partition coefficient (Wildman–Crippen LogP) is 7.42. The number of aromatic nitrogens is 1. The van der Waals surface area contributed by atoms with Gasteiger partial charge in [-0.2, -0.15) is 5.26 Å². The molecule has 5 rings (SSSR count). The number of amides is 1. The van der Waals surface area contributed by atoms with Gasteiger partial charge in [-0.3, -0.25) is 4.79 Å². The maximum absolute atomic E-state index is 13.4. The van der Waals surface area contributed by atoms with E-state index in [0.29, 0.717) is 17.1 Å². The van der Waals surface area contributed by atoms with E-state index in [1.165, 1.54) is 11.3 Å². The van der Waals surface area contributed by atoms with E-state index in [4.69, 9.17) is 4.74 Å². The van der Waals surface area contributed by atoms with E-state index < -0.39 is 11.9 Å². The Bertz CT molecular complexity index is 1640. The van der Waals surface area contributed by atoms with E-state index in [-0.39, 0.29) is 12.2 Å². The maximum atomic E-state index is 13.4. The van der Waals surface area contributed by atoms with Crippen molar-refractivity contribution in [3.8, 4) is 6.07 Å². The van der Waals surface area contributed by atoms with Gasteiger partial charge in [0.2, 0.25) is 0 Å². The Labute approximate surface area is 240 Å². The minimum atomic E-state index is -0.536. The standard InChI is InChI=1S/C31H28BrN3O3S/c1-3-38-31(37)28-24-9-5-7-11-27(24)39-30(28)34-29(36)21(17-33)16-25-19(2)35(26-10-6-4-8-23(25)26)18-20-12-14-22(32)15-13-20/h4,6,8,10,12-16H,3,5,7,9,11,18H2,1-2H3,(H,34,36). The van der Waals surface area contributed by atoms with Gasteiger partial charge in [0, 0.05) is 38.1 Å². The first-order valence-corrected chi connectivity index (χ1v) is 14.6. The molecular weight excluding hydrogens is 574 g/mol. The van der Waals surface area contributed by atoms with Crippen molar-refractivity contribution < 1.29 is 14.3 Å². The number of ether oxygens (including phenoxy) is 1. The average molecular weight is 603 g/mol. The van der Waals surface area contributed by atoms with Crippen LogP contribution in [0.4, 0.5) is 5.00 Å². The van der Waals surface area contributed by atoms with E-state index in [0.717, 1.165) is 68.3 Å². The summed E-state index contributed by atoms with van der Waals surface area (Å²) in [5.41, 5.74) is 5.33. The number of carbonyl (C=O) groups excluding carboxylic acids is 2. The fourth-order valence-electron chi connectivity index (χ4n) is 5.15. The van der Waals surface area contributed by atoms with E-state index in [1.807, 2.05) is 43.3 Å². The number of rotatable bonds is 7. The predicted molar refractivity (Wildman–Crippen MR) is 159 cm³/mol. The van der Waals surface area contributed by atoms with Crippen LogP contribution < -0.4 is 5.32 Å². The molecule has 2 heterocycles. The summed E-state index contributed by atoms with van der Waals surface area (Å²) < 4.78 is 8.53. The van der Waals surface area contributed by atoms with Gasteiger partial charge in [-0.25, -0.2) is 4.79 Å². The summed E-state index contributed by atoms with van der Waals surface area (Å²) in [6, 6.07) is 18.3. The number of nitrogens with one attached hydrogen (secondary N) is 1. The van der Waals surface area contributed by atoms with Gasteiger partial charge in [0.1, 0.15) is 16.6 Å². The van der Waals surface area contributed by atoms with Crippen LogP contribution in [0.1, 0.15) is 57.4 Å². The van der Waals surface area contributed by atoms with Gasteiger partial charge in [-0.15, -0.1) is 11.3 Å². The van der Waals surface area contributed by atoms with E-state index in [2.05, 4.69) is 44.0 Å². The molecule has 0 saturated heterocycles. The molecule has 39 heavy (non-hydrogen) atoms. The number of aryl methyl sites for hydroxylation is 1. The number of para-hydroxylation sites is 1. The van der Waals surface area contributed by atoms with Crippen LogP contribution in [-0.4, -0.2) is 23.1 Å². The molecule has 0 saturated carbocycles. The zero-order chi connectivity index (χ0) is 27.5. The maximum Gasteiger partial charge on any atom is 0.341 e. The molecule has 1 N–H and O–H groups in total. The quantitative estimate of drug-likeness (QED) is 0.136. The molecule has 0 spiro atoms. The molecule has 2 aromatic carbocycles. The summed E-state index contributed by atoms with van der Waals surface area (Å²) in [6.45, 7) is 4.68. The van der Waals surface area contributed by atoms with Crippen LogP contribution in [0.3, 0.4) is 0 Å². The Balaban J connectivity index is 1.51. The number of thiophene rings is 1. The largest absolute Gasteiger partial charge is 0.462 e. The number of benzene rings is 2. The second kappa shape index (κ2) is 11.6. The molecule has 4 aromatic rings. The second-order valence-corrected chi connectivity index (χ2v) is 11.5. The van der Waals surface area contributed by atoms with Crippen LogP contribution in [0, 0.1) is 18.3 Å². The molecule has 1 amide bonds. The molecule has 0 radical (unpaired) electrons. The number of carbonyl (C=O) groups is 2. The molecule has 0 bridgehead atoms. The Morgan fingerprint density at radius 3 is 2.64 bits per heavy atom. The lowest BCUT2D eigenvalue weighted by molar-refractivity contribution is -0.112. The smallest absolute Gasteiger partial charge is 0.341 e. The summed E-state index contributed by atoms with van der Waals surface area (Å²) in [7, 11) is 0. The highest BCUT2D eigenvalue weighted by Crippen LogP contribution is 2.39. The van der Waals surface area contributed by atoms with Crippen molar-refractivity contribution in [2.45, 2.75) is 46.1 Å². The molecule has 8 heteroatoms. The number of anilines is 1. The first kappa shape index (κ1) is 26.9. The SMILES string of the molecule is CCOC(=O)c1c(NC(=O)C(C#N)=Cc2c(C)n(Cc3ccc(Br)cc3)c3ccccc23)sc2c1CCCC2. The molecule has 0 aliphatic heterocycles. The lowest BCUT2D eigenvalue weighted by atomic mass is 9.95. The van der Waals surface area contributed by atoms with Gasteiger partial charge in [0.15, 0.2) is 0 Å². The van der Waals surface area contributed by atoms with Gasteiger partial charge in [0.05, 0.1) is 12.2 Å². The van der Waals surface area contributed by atoms with E-state index >= 15 is 0 Å². The third kappa shape index (κ3) is 5.42. The van der Waals surface area contributed by atoms with Crippen LogP contribution in [0.25, 0.3) is 17.0 Å². The highest BCUT2D eigenvalue weighted by Gasteiger charge is 2.28. The molecular formula is C31H28BrN3O3S. The van der Waals surface area contributed by atoms with Crippen molar-refractivity contribution in [2.24, 2.45) is 0 Å². The van der Waals surface area contributed by atoms with Crippen molar-refractivity contribution >= 4 is 61.1 Å². The van der Waals surface area contributed by atoms with Gasteiger partial charge >= 0.3 is 5.97 Å². The van der Waals surface area contributed by atoms with Crippen LogP contribution in [0.15, 0.2) is 58.6 Å². The van der Waals surface area contributed by atoms with Crippen molar-refractivity contribution in [3.63, 3.8) is 0 Å². The van der Waals surface area contributed by atoms with Gasteiger partial charge < -0.3 is 14.6 Å². The zero-order valence-corrected chi connectivity index (χ0v) is 24.2. The lowest BCUT2D eigenvalue weighted by Gasteiger charge is -2.12. The first-order valence-electron chi connectivity index (χ1n) is 13.0. The summed E-state index contributed by atoms with van der Waals surface area (Å²) in [5, 5.41) is 14.3. The number of hydrogen-bond donors (Lipinski definition) is 1. The highest BCUT2D eigenvalue weighted by atomic mass is 79.9. The number of nitrogens with zero attached hydrogens (tertiary/aromatic N) is 2. The van der Waals surface area contributed by atoms with Crippen molar-refractivity contribution in [1.29, 1.82) is 5.26 Å². The van der Waals surface area contributed by atoms with Crippen LogP contribution in [0.5, 0.6) is 0 Å². The fourth-order valence-corrected chi connectivity index (χ4v) is 6.69. The normalized spacial score (nSPS) is 13.1. The van der Waals surface area contributed by atoms with Gasteiger partial charge in [-0.1, -0.05) is 46.3 Å². The molecule has 6 nitrogen and oxygen atoms in total. The molecule has 198 valence electrons. The monoisotopic (exact) mass is 601 g/mol. The Kier molecular flexibility index (Phi) is 8.01. The molecule has 0 fully saturated rings. The van der Waals surface area contributed by atoms with Crippen LogP contribution in [-0.2, 0) is 28.9 Å². The minimum absolute atomic E-state index is 0.0224. The summed E-state index contributed by atoms with van der Waals surface area (Å²) in [4.78, 5) is 27.3. The summed E-state index contributed by atoms with van der Waals surface area (Å²) >= 11 is 4.90. The van der Waals surface area contributed by atoms with Crippen molar-refractivity contribution in [3.05, 3.63) is 91.4 Å². The number of hydrogen-bond acceptors (Lipinski definition) is 5. The third-order valence-electron chi connectivity index (χ3n) is 7.07. The summed E-state index contributed by atoms with van der Waals surface area (Å²) in [5.74, 6) is -0.965.